The van der Waals surface area contributed by atoms with Crippen molar-refractivity contribution in [3.05, 3.63) is 63.7 Å². The number of carbonyl (C=O) groups is 1. The van der Waals surface area contributed by atoms with Crippen molar-refractivity contribution in [3.63, 3.8) is 0 Å². The SMILES string of the molecule is CC(C)c1ccc(C(=O)N2CCN(c3ccc([N+](=O)[O-])c(N4CCOCC4)c3)CC2)cc1. The molecule has 0 aromatic heterocycles. The Bertz CT molecular complexity index is 962. The molecule has 4 rings (SSSR count). The minimum atomic E-state index is -0.324. The number of hydrogen-bond donors (Lipinski definition) is 0. The smallest absolute Gasteiger partial charge is 0.292 e. The molecule has 8 nitrogen and oxygen atoms in total. The number of nitro groups is 1. The fraction of sp³-hybridized carbons (Fsp3) is 0.458. The highest BCUT2D eigenvalue weighted by Crippen LogP contribution is 2.33. The average Bonchev–Trinajstić information content (AvgIpc) is 2.84. The highest BCUT2D eigenvalue weighted by Gasteiger charge is 2.26. The van der Waals surface area contributed by atoms with Gasteiger partial charge in [0, 0.05) is 56.6 Å². The third kappa shape index (κ3) is 4.70. The second kappa shape index (κ2) is 9.56. The predicted octanol–water partition coefficient (Wildman–Crippen LogP) is 3.52. The van der Waals surface area contributed by atoms with E-state index in [0.29, 0.717) is 69.7 Å². The van der Waals surface area contributed by atoms with E-state index in [4.69, 9.17) is 4.74 Å². The Hall–Kier alpha value is -3.13. The van der Waals surface area contributed by atoms with Gasteiger partial charge in [-0.3, -0.25) is 14.9 Å². The molecule has 2 aromatic carbocycles. The van der Waals surface area contributed by atoms with E-state index in [9.17, 15) is 14.9 Å². The Morgan fingerprint density at radius 3 is 2.19 bits per heavy atom. The molecular formula is C24H30N4O4. The molecule has 2 aliphatic heterocycles. The number of morpholine rings is 1. The normalized spacial score (nSPS) is 17.0. The fourth-order valence-corrected chi connectivity index (χ4v) is 4.28. The summed E-state index contributed by atoms with van der Waals surface area (Å²) in [6.45, 7) is 9.32. The van der Waals surface area contributed by atoms with Crippen molar-refractivity contribution in [2.45, 2.75) is 19.8 Å². The topological polar surface area (TPSA) is 79.2 Å². The first-order chi connectivity index (χ1) is 15.4. The van der Waals surface area contributed by atoms with Crippen molar-refractivity contribution in [1.29, 1.82) is 0 Å². The zero-order valence-electron chi connectivity index (χ0n) is 18.7. The first-order valence-electron chi connectivity index (χ1n) is 11.2. The van der Waals surface area contributed by atoms with Crippen LogP contribution < -0.4 is 9.80 Å². The van der Waals surface area contributed by atoms with Crippen LogP contribution in [0, 0.1) is 10.1 Å². The van der Waals surface area contributed by atoms with Crippen molar-refractivity contribution >= 4 is 23.0 Å². The van der Waals surface area contributed by atoms with Crippen LogP contribution in [0.4, 0.5) is 17.1 Å². The molecule has 32 heavy (non-hydrogen) atoms. The lowest BCUT2D eigenvalue weighted by Crippen LogP contribution is -2.48. The number of nitro benzene ring substituents is 1. The van der Waals surface area contributed by atoms with E-state index in [1.807, 2.05) is 46.2 Å². The largest absolute Gasteiger partial charge is 0.378 e. The van der Waals surface area contributed by atoms with Crippen molar-refractivity contribution in [2.24, 2.45) is 0 Å². The number of piperazine rings is 1. The molecule has 0 N–H and O–H groups in total. The van der Waals surface area contributed by atoms with E-state index in [-0.39, 0.29) is 16.5 Å². The van der Waals surface area contributed by atoms with Crippen LogP contribution in [-0.2, 0) is 4.74 Å². The Labute approximate surface area is 188 Å². The third-order valence-corrected chi connectivity index (χ3v) is 6.26. The Kier molecular flexibility index (Phi) is 6.60. The van der Waals surface area contributed by atoms with Gasteiger partial charge in [-0.25, -0.2) is 0 Å². The Balaban J connectivity index is 1.44. The number of amides is 1. The lowest BCUT2D eigenvalue weighted by Gasteiger charge is -2.37. The third-order valence-electron chi connectivity index (χ3n) is 6.26. The first kappa shape index (κ1) is 22.1. The summed E-state index contributed by atoms with van der Waals surface area (Å²) in [6.07, 6.45) is 0. The molecule has 0 unspecified atom stereocenters. The average molecular weight is 439 g/mol. The second-order valence-electron chi connectivity index (χ2n) is 8.59. The van der Waals surface area contributed by atoms with Crippen molar-refractivity contribution in [1.82, 2.24) is 4.90 Å². The van der Waals surface area contributed by atoms with Gasteiger partial charge in [-0.05, 0) is 35.7 Å². The fourth-order valence-electron chi connectivity index (χ4n) is 4.28. The second-order valence-corrected chi connectivity index (χ2v) is 8.59. The van der Waals surface area contributed by atoms with E-state index in [2.05, 4.69) is 18.7 Å². The maximum atomic E-state index is 12.9. The molecule has 8 heteroatoms. The van der Waals surface area contributed by atoms with E-state index >= 15 is 0 Å². The van der Waals surface area contributed by atoms with Gasteiger partial charge in [0.05, 0.1) is 18.1 Å². The Morgan fingerprint density at radius 1 is 0.938 bits per heavy atom. The minimum Gasteiger partial charge on any atom is -0.378 e. The lowest BCUT2D eigenvalue weighted by molar-refractivity contribution is -0.384. The van der Waals surface area contributed by atoms with Crippen LogP contribution in [0.25, 0.3) is 0 Å². The van der Waals surface area contributed by atoms with E-state index in [1.54, 1.807) is 6.07 Å². The standard InChI is InChI=1S/C24H30N4O4/c1-18(2)19-3-5-20(6-4-19)24(29)27-11-9-25(10-12-27)21-7-8-22(28(30)31)23(17-21)26-13-15-32-16-14-26/h3-8,17-18H,9-16H2,1-2H3. The summed E-state index contributed by atoms with van der Waals surface area (Å²) < 4.78 is 5.40. The summed E-state index contributed by atoms with van der Waals surface area (Å²) >= 11 is 0. The van der Waals surface area contributed by atoms with Gasteiger partial charge in [-0.15, -0.1) is 0 Å². The minimum absolute atomic E-state index is 0.0534. The molecule has 2 aliphatic rings. The molecule has 2 aromatic rings. The highest BCUT2D eigenvalue weighted by molar-refractivity contribution is 5.94. The van der Waals surface area contributed by atoms with Gasteiger partial charge in [0.25, 0.3) is 11.6 Å². The van der Waals surface area contributed by atoms with Gasteiger partial charge < -0.3 is 19.4 Å². The molecule has 170 valence electrons. The number of carbonyl (C=O) groups excluding carboxylic acids is 1. The van der Waals surface area contributed by atoms with Gasteiger partial charge in [-0.1, -0.05) is 26.0 Å². The Morgan fingerprint density at radius 2 is 1.59 bits per heavy atom. The zero-order valence-corrected chi connectivity index (χ0v) is 18.7. The molecule has 2 saturated heterocycles. The highest BCUT2D eigenvalue weighted by atomic mass is 16.6. The summed E-state index contributed by atoms with van der Waals surface area (Å²) in [7, 11) is 0. The number of nitrogens with zero attached hydrogens (tertiary/aromatic N) is 4. The van der Waals surface area contributed by atoms with E-state index in [0.717, 1.165) is 5.69 Å². The zero-order chi connectivity index (χ0) is 22.7. The molecule has 2 fully saturated rings. The number of ether oxygens (including phenoxy) is 1. The summed E-state index contributed by atoms with van der Waals surface area (Å²) in [5, 5.41) is 11.6. The quantitative estimate of drug-likeness (QED) is 0.525. The lowest BCUT2D eigenvalue weighted by atomic mass is 10.0. The van der Waals surface area contributed by atoms with Gasteiger partial charge in [0.15, 0.2) is 0 Å². The van der Waals surface area contributed by atoms with Crippen LogP contribution in [-0.4, -0.2) is 68.2 Å². The van der Waals surface area contributed by atoms with Gasteiger partial charge in [-0.2, -0.15) is 0 Å². The molecule has 0 radical (unpaired) electrons. The van der Waals surface area contributed by atoms with Crippen LogP contribution in [0.5, 0.6) is 0 Å². The molecule has 0 atom stereocenters. The number of rotatable bonds is 5. The summed E-state index contributed by atoms with van der Waals surface area (Å²) in [5.74, 6) is 0.490. The maximum absolute atomic E-state index is 12.9. The van der Waals surface area contributed by atoms with Crippen molar-refractivity contribution < 1.29 is 14.5 Å². The van der Waals surface area contributed by atoms with Crippen LogP contribution >= 0.6 is 0 Å². The first-order valence-corrected chi connectivity index (χ1v) is 11.2. The van der Waals surface area contributed by atoms with Crippen molar-refractivity contribution in [3.8, 4) is 0 Å². The summed E-state index contributed by atoms with van der Waals surface area (Å²) in [6, 6.07) is 13.2. The van der Waals surface area contributed by atoms with Gasteiger partial charge in [0.2, 0.25) is 0 Å². The number of hydrogen-bond acceptors (Lipinski definition) is 6. The van der Waals surface area contributed by atoms with E-state index < -0.39 is 0 Å². The van der Waals surface area contributed by atoms with Crippen LogP contribution in [0.15, 0.2) is 42.5 Å². The van der Waals surface area contributed by atoms with E-state index in [1.165, 1.54) is 5.56 Å². The molecule has 0 aliphatic carbocycles. The van der Waals surface area contributed by atoms with Crippen molar-refractivity contribution in [2.75, 3.05) is 62.3 Å². The molecule has 0 saturated carbocycles. The predicted molar refractivity (Wildman–Crippen MR) is 125 cm³/mol. The summed E-state index contributed by atoms with van der Waals surface area (Å²) in [4.78, 5) is 30.2. The summed E-state index contributed by atoms with van der Waals surface area (Å²) in [5.41, 5.74) is 3.65. The molecule has 1 amide bonds. The van der Waals surface area contributed by atoms with Gasteiger partial charge in [0.1, 0.15) is 5.69 Å². The molecule has 2 heterocycles. The van der Waals surface area contributed by atoms with Gasteiger partial charge >= 0.3 is 0 Å². The van der Waals surface area contributed by atoms with Crippen LogP contribution in [0.3, 0.4) is 0 Å². The van der Waals surface area contributed by atoms with Crippen LogP contribution in [0.2, 0.25) is 0 Å². The number of anilines is 2. The maximum Gasteiger partial charge on any atom is 0.292 e. The monoisotopic (exact) mass is 438 g/mol. The molecular weight excluding hydrogens is 408 g/mol. The number of benzene rings is 2. The van der Waals surface area contributed by atoms with Crippen LogP contribution in [0.1, 0.15) is 35.7 Å². The molecule has 0 spiro atoms. The molecule has 0 bridgehead atoms.